The number of benzene rings is 5. The molecule has 0 aliphatic rings. The van der Waals surface area contributed by atoms with Crippen LogP contribution < -0.4 is 16.4 Å². The summed E-state index contributed by atoms with van der Waals surface area (Å²) in [6.45, 7) is 4.77. The molecule has 2 nitrogen and oxygen atoms in total. The molecule has 0 aliphatic heterocycles. The normalized spacial score (nSPS) is 11.5. The average Bonchev–Trinajstić information content (AvgIpc) is 3.62. The largest absolute Gasteiger partial charge is 0.326 e. The first kappa shape index (κ1) is 29.8. The van der Waals surface area contributed by atoms with E-state index in [1.54, 1.807) is 0 Å². The number of aromatic nitrogens is 2. The molecule has 4 heteroatoms. The monoisotopic (exact) mass is 574 g/mol. The third-order valence-electron chi connectivity index (χ3n) is 7.78. The summed E-state index contributed by atoms with van der Waals surface area (Å²) >= 11 is 0. The number of allylic oxidation sites excluding steroid dienone is 1. The van der Waals surface area contributed by atoms with Crippen LogP contribution in [0.25, 0.3) is 0 Å². The fraction of sp³-hybridized carbons (Fsp3) is 0.103. The fourth-order valence-corrected chi connectivity index (χ4v) is 8.11. The van der Waals surface area contributed by atoms with Crippen LogP contribution in [0.15, 0.2) is 182 Å². The Hall–Kier alpha value is -4.67. The minimum absolute atomic E-state index is 0.148. The van der Waals surface area contributed by atoms with Gasteiger partial charge in [-0.2, -0.15) is 0 Å². The molecule has 0 unspecified atom stereocenters. The number of imidazole rings is 1. The highest BCUT2D eigenvalue weighted by Gasteiger charge is 2.35. The predicted molar refractivity (Wildman–Crippen MR) is 188 cm³/mol. The van der Waals surface area contributed by atoms with Gasteiger partial charge in [-0.25, -0.2) is 4.98 Å². The number of hydrogen-bond donors (Lipinski definition) is 0. The lowest BCUT2D eigenvalue weighted by Gasteiger charge is -2.36. The fourth-order valence-electron chi connectivity index (χ4n) is 5.74. The molecular weight excluding hydrogens is 535 g/mol. The predicted octanol–water partition coefficient (Wildman–Crippen LogP) is 6.17. The van der Waals surface area contributed by atoms with Gasteiger partial charge in [-0.3, -0.25) is 0 Å². The van der Waals surface area contributed by atoms with Crippen LogP contribution in [0.5, 0.6) is 0 Å². The zero-order valence-corrected chi connectivity index (χ0v) is 26.5. The molecule has 212 valence electrons. The van der Waals surface area contributed by atoms with Crippen LogP contribution in [-0.2, 0) is 5.16 Å². The van der Waals surface area contributed by atoms with Gasteiger partial charge >= 0.3 is 0 Å². The maximum absolute atomic E-state index is 4.34. The van der Waals surface area contributed by atoms with Crippen molar-refractivity contribution in [2.45, 2.75) is 19.0 Å². The van der Waals surface area contributed by atoms with Crippen molar-refractivity contribution in [3.05, 3.63) is 193 Å². The van der Waals surface area contributed by atoms with Gasteiger partial charge in [0.1, 0.15) is 0 Å². The third-order valence-corrected chi connectivity index (χ3v) is 10.1. The lowest BCUT2D eigenvalue weighted by atomic mass is 9.37. The summed E-state index contributed by atoms with van der Waals surface area (Å²) in [6.07, 6.45) is 8.26. The first-order valence-corrected chi connectivity index (χ1v) is 16.6. The molecule has 0 amide bonds. The molecule has 0 saturated carbocycles. The second-order valence-corrected chi connectivity index (χ2v) is 13.0. The van der Waals surface area contributed by atoms with Crippen LogP contribution in [0.3, 0.4) is 0 Å². The lowest BCUT2D eigenvalue weighted by molar-refractivity contribution is 0.596. The van der Waals surface area contributed by atoms with Gasteiger partial charge in [-0.05, 0) is 17.0 Å². The van der Waals surface area contributed by atoms with E-state index in [9.17, 15) is 0 Å². The van der Waals surface area contributed by atoms with Crippen molar-refractivity contribution < 1.29 is 0 Å². The van der Waals surface area contributed by atoms with Gasteiger partial charge < -0.3 is 4.57 Å². The van der Waals surface area contributed by atoms with Crippen molar-refractivity contribution >= 4 is 32.6 Å². The molecule has 6 rings (SSSR count). The van der Waals surface area contributed by atoms with Crippen LogP contribution in [0.4, 0.5) is 0 Å². The molecule has 43 heavy (non-hydrogen) atoms. The summed E-state index contributed by atoms with van der Waals surface area (Å²) in [7, 11) is -0.647. The van der Waals surface area contributed by atoms with E-state index in [2.05, 4.69) is 193 Å². The number of nitrogens with zero attached hydrogens (tertiary/aromatic N) is 2. The molecule has 0 spiro atoms. The van der Waals surface area contributed by atoms with Gasteiger partial charge in [0.05, 0.1) is 21.0 Å². The Labute approximate surface area is 259 Å². The van der Waals surface area contributed by atoms with E-state index in [0.29, 0.717) is 12.6 Å². The molecule has 0 N–H and O–H groups in total. The summed E-state index contributed by atoms with van der Waals surface area (Å²) < 4.78 is 2.29. The van der Waals surface area contributed by atoms with Gasteiger partial charge in [-0.15, -0.1) is 5.70 Å². The van der Waals surface area contributed by atoms with Gasteiger partial charge in [0.15, 0.2) is 0 Å². The van der Waals surface area contributed by atoms with E-state index in [0.717, 1.165) is 0 Å². The van der Waals surface area contributed by atoms with E-state index in [4.69, 9.17) is 0 Å². The highest BCUT2D eigenvalue weighted by Crippen LogP contribution is 2.33. The maximum atomic E-state index is 4.34. The van der Waals surface area contributed by atoms with Gasteiger partial charge in [-0.1, -0.05) is 188 Å². The zero-order valence-electron chi connectivity index (χ0n) is 25.1. The topological polar surface area (TPSA) is 17.8 Å². The Morgan fingerprint density at radius 2 is 1.00 bits per heavy atom. The summed E-state index contributed by atoms with van der Waals surface area (Å²) in [5, 5.41) is -0.148. The zero-order chi connectivity index (χ0) is 29.7. The standard InChI is InChI=1S/C21H24N2Si.C18H15B/c1-18(2)13-16-24-21(23-15-14-22-17-23,19-9-5-3-6-10-19)20-11-7-4-8-12-20;1-4-10-16(11-5-1)19(17-12-6-2-7-13-17)18-14-8-3-9-15-18/h3-18H,24H2,1-2H3;1-15H. The smallest absolute Gasteiger partial charge is 0.241 e. The van der Waals surface area contributed by atoms with Crippen molar-refractivity contribution in [1.29, 1.82) is 0 Å². The Balaban J connectivity index is 0.000000176. The minimum Gasteiger partial charge on any atom is -0.326 e. The summed E-state index contributed by atoms with van der Waals surface area (Å²) in [6, 6.07) is 53.7. The molecule has 1 heterocycles. The van der Waals surface area contributed by atoms with Crippen molar-refractivity contribution in [1.82, 2.24) is 9.55 Å². The minimum atomic E-state index is -0.647. The quantitative estimate of drug-likeness (QED) is 0.189. The van der Waals surface area contributed by atoms with Crippen LogP contribution in [0.1, 0.15) is 25.0 Å². The van der Waals surface area contributed by atoms with E-state index >= 15 is 0 Å². The van der Waals surface area contributed by atoms with Crippen LogP contribution in [0, 0.1) is 5.92 Å². The average molecular weight is 575 g/mol. The summed E-state index contributed by atoms with van der Waals surface area (Å²) in [5.41, 5.74) is 9.09. The molecule has 0 bridgehead atoms. The molecular formula is C39H39BN2Si. The SMILES string of the molecule is CC(C)C=C[SiH2]C(c1ccccc1)(c1ccccc1)n1ccnc1.c1ccc(B(c2ccccc2)c2ccccc2)cc1. The Kier molecular flexibility index (Phi) is 10.4. The van der Waals surface area contributed by atoms with Crippen molar-refractivity contribution in [3.8, 4) is 0 Å². The van der Waals surface area contributed by atoms with Gasteiger partial charge in [0, 0.05) is 12.4 Å². The van der Waals surface area contributed by atoms with Crippen LogP contribution in [0.2, 0.25) is 0 Å². The van der Waals surface area contributed by atoms with Crippen LogP contribution in [-0.4, -0.2) is 25.8 Å². The van der Waals surface area contributed by atoms with Crippen molar-refractivity contribution in [2.24, 2.45) is 5.92 Å². The van der Waals surface area contributed by atoms with E-state index in [-0.39, 0.29) is 5.16 Å². The molecule has 0 fully saturated rings. The Morgan fingerprint density at radius 1 is 0.605 bits per heavy atom. The summed E-state index contributed by atoms with van der Waals surface area (Å²) in [4.78, 5) is 4.34. The highest BCUT2D eigenvalue weighted by atomic mass is 28.2. The van der Waals surface area contributed by atoms with Crippen molar-refractivity contribution in [2.75, 3.05) is 0 Å². The van der Waals surface area contributed by atoms with E-state index in [1.807, 2.05) is 12.5 Å². The first-order valence-electron chi connectivity index (χ1n) is 15.1. The second kappa shape index (κ2) is 15.0. The first-order chi connectivity index (χ1) is 21.2. The van der Waals surface area contributed by atoms with Crippen LogP contribution >= 0.6 is 0 Å². The Bertz CT molecular complexity index is 1500. The Morgan fingerprint density at radius 3 is 1.35 bits per heavy atom. The molecule has 1 aromatic heterocycles. The highest BCUT2D eigenvalue weighted by molar-refractivity contribution is 6.95. The molecule has 6 aromatic rings. The van der Waals surface area contributed by atoms with E-state index < -0.39 is 9.52 Å². The molecule has 0 radical (unpaired) electrons. The van der Waals surface area contributed by atoms with Gasteiger partial charge in [0.2, 0.25) is 6.71 Å². The lowest BCUT2D eigenvalue weighted by Crippen LogP contribution is -2.51. The third kappa shape index (κ3) is 7.40. The second-order valence-electron chi connectivity index (χ2n) is 11.1. The maximum Gasteiger partial charge on any atom is 0.241 e. The van der Waals surface area contributed by atoms with E-state index in [1.165, 1.54) is 27.5 Å². The number of hydrogen-bond acceptors (Lipinski definition) is 1. The number of rotatable bonds is 9. The van der Waals surface area contributed by atoms with Gasteiger partial charge in [0.25, 0.3) is 0 Å². The summed E-state index contributed by atoms with van der Waals surface area (Å²) in [5.74, 6) is 0.574. The molecule has 0 aliphatic carbocycles. The van der Waals surface area contributed by atoms with Crippen molar-refractivity contribution in [3.63, 3.8) is 0 Å². The molecule has 0 atom stereocenters. The molecule has 0 saturated heterocycles. The molecule has 5 aromatic carbocycles.